The van der Waals surface area contributed by atoms with Gasteiger partial charge in [0.15, 0.2) is 0 Å². The van der Waals surface area contributed by atoms with E-state index in [0.717, 1.165) is 22.3 Å². The van der Waals surface area contributed by atoms with Crippen LogP contribution in [-0.2, 0) is 20.2 Å². The van der Waals surface area contributed by atoms with Crippen LogP contribution in [0.15, 0.2) is 127 Å². The summed E-state index contributed by atoms with van der Waals surface area (Å²) in [7, 11) is -9.26. The molecule has 242 valence electrons. The van der Waals surface area contributed by atoms with Gasteiger partial charge in [-0.05, 0) is 83.3 Å². The van der Waals surface area contributed by atoms with Crippen molar-refractivity contribution < 1.29 is 25.9 Å². The van der Waals surface area contributed by atoms with Crippen LogP contribution in [0.1, 0.15) is 11.1 Å². The topological polar surface area (TPSA) is 210 Å². The van der Waals surface area contributed by atoms with E-state index in [2.05, 4.69) is 20.5 Å². The molecule has 0 unspecified atom stereocenters. The summed E-state index contributed by atoms with van der Waals surface area (Å²) in [5.74, 6) is 0. The molecule has 0 amide bonds. The molecule has 6 rings (SSSR count). The first-order valence-electron chi connectivity index (χ1n) is 14.3. The van der Waals surface area contributed by atoms with E-state index in [0.29, 0.717) is 22.1 Å². The second kappa shape index (κ2) is 12.2. The van der Waals surface area contributed by atoms with Crippen molar-refractivity contribution in [3.8, 4) is 11.1 Å². The van der Waals surface area contributed by atoms with Crippen molar-refractivity contribution in [2.24, 2.45) is 20.5 Å². The number of hydrogen-bond donors (Lipinski definition) is 4. The van der Waals surface area contributed by atoms with Gasteiger partial charge in [-0.25, -0.2) is 0 Å². The highest BCUT2D eigenvalue weighted by Crippen LogP contribution is 2.40. The second-order valence-corrected chi connectivity index (χ2v) is 13.8. The summed E-state index contributed by atoms with van der Waals surface area (Å²) in [5.41, 5.74) is 16.4. The van der Waals surface area contributed by atoms with Gasteiger partial charge in [-0.2, -0.15) is 27.1 Å². The smallest absolute Gasteiger partial charge is 0.297 e. The minimum absolute atomic E-state index is 0.102. The maximum absolute atomic E-state index is 12.1. The molecule has 0 heterocycles. The number of anilines is 2. The van der Waals surface area contributed by atoms with E-state index in [9.17, 15) is 25.9 Å². The lowest BCUT2D eigenvalue weighted by Gasteiger charge is -2.10. The molecule has 0 fully saturated rings. The van der Waals surface area contributed by atoms with Gasteiger partial charge in [-0.3, -0.25) is 9.11 Å². The summed E-state index contributed by atoms with van der Waals surface area (Å²) in [5, 5.41) is 18.7. The molecule has 12 nitrogen and oxygen atoms in total. The zero-order chi connectivity index (χ0) is 34.4. The van der Waals surface area contributed by atoms with Crippen LogP contribution in [0.5, 0.6) is 0 Å². The number of nitrogen functional groups attached to an aromatic ring is 2. The lowest BCUT2D eigenvalue weighted by atomic mass is 10.0. The zero-order valence-electron chi connectivity index (χ0n) is 25.5. The predicted molar refractivity (Wildman–Crippen MR) is 186 cm³/mol. The van der Waals surface area contributed by atoms with Crippen LogP contribution in [0, 0.1) is 13.8 Å². The Morgan fingerprint density at radius 2 is 0.854 bits per heavy atom. The molecule has 0 radical (unpaired) electrons. The van der Waals surface area contributed by atoms with Crippen LogP contribution in [0.3, 0.4) is 0 Å². The Kier molecular flexibility index (Phi) is 8.26. The minimum atomic E-state index is -4.63. The van der Waals surface area contributed by atoms with Gasteiger partial charge < -0.3 is 11.5 Å². The summed E-state index contributed by atoms with van der Waals surface area (Å²) in [4.78, 5) is -0.827. The molecule has 0 spiro atoms. The third kappa shape index (κ3) is 6.24. The van der Waals surface area contributed by atoms with Gasteiger partial charge in [0.1, 0.15) is 21.2 Å². The van der Waals surface area contributed by atoms with Crippen molar-refractivity contribution in [1.82, 2.24) is 0 Å². The van der Waals surface area contributed by atoms with Crippen LogP contribution in [-0.4, -0.2) is 25.9 Å². The summed E-state index contributed by atoms with van der Waals surface area (Å²) in [6.45, 7) is 3.71. The van der Waals surface area contributed by atoms with E-state index in [-0.39, 0.29) is 33.5 Å². The fourth-order valence-corrected chi connectivity index (χ4v) is 7.16. The number of rotatable bonds is 7. The number of hydrogen-bond acceptors (Lipinski definition) is 10. The van der Waals surface area contributed by atoms with Crippen LogP contribution < -0.4 is 11.5 Å². The van der Waals surface area contributed by atoms with Crippen LogP contribution in [0.25, 0.3) is 32.7 Å². The van der Waals surface area contributed by atoms with Gasteiger partial charge in [-0.15, -0.1) is 10.2 Å². The second-order valence-electron chi connectivity index (χ2n) is 11.1. The average Bonchev–Trinajstić information content (AvgIpc) is 3.02. The van der Waals surface area contributed by atoms with Gasteiger partial charge in [-0.1, -0.05) is 60.7 Å². The van der Waals surface area contributed by atoms with Crippen LogP contribution >= 0.6 is 0 Å². The Labute approximate surface area is 276 Å². The number of azo groups is 2. The van der Waals surface area contributed by atoms with Crippen molar-refractivity contribution in [1.29, 1.82) is 0 Å². The van der Waals surface area contributed by atoms with Crippen molar-refractivity contribution in [2.75, 3.05) is 11.5 Å². The SMILES string of the molecule is Cc1cc(-c2ccc(N=Nc3cc4ccccc4c(S(=O)(=O)O)c3N)c(C)c2)ccc1N=Nc1cc2ccccc2c(S(=O)(=O)O)c1N. The lowest BCUT2D eigenvalue weighted by molar-refractivity contribution is 0.482. The normalized spacial score (nSPS) is 12.5. The zero-order valence-corrected chi connectivity index (χ0v) is 27.2. The maximum atomic E-state index is 12.1. The molecule has 0 saturated carbocycles. The summed E-state index contributed by atoms with van der Waals surface area (Å²) in [6, 6.07) is 27.6. The molecule has 0 atom stereocenters. The number of nitrogens with two attached hydrogens (primary N) is 2. The largest absolute Gasteiger partial charge is 0.396 e. The molecule has 0 aliphatic carbocycles. The summed E-state index contributed by atoms with van der Waals surface area (Å²) >= 11 is 0. The first-order valence-corrected chi connectivity index (χ1v) is 17.2. The third-order valence-corrected chi connectivity index (χ3v) is 9.72. The third-order valence-electron chi connectivity index (χ3n) is 7.81. The van der Waals surface area contributed by atoms with E-state index >= 15 is 0 Å². The molecule has 6 aromatic rings. The minimum Gasteiger partial charge on any atom is -0.396 e. The molecule has 0 saturated heterocycles. The molecule has 14 heteroatoms. The highest BCUT2D eigenvalue weighted by atomic mass is 32.2. The summed E-state index contributed by atoms with van der Waals surface area (Å²) in [6.07, 6.45) is 0. The number of aryl methyl sites for hydroxylation is 2. The standard InChI is InChI=1S/C34H28N6O6S2/c1-19-15-21(11-13-27(19)37-39-29-17-23-7-3-5-9-25(23)33(31(29)35)47(41,42)43)22-12-14-28(20(2)16-22)38-40-30-18-24-8-4-6-10-26(24)34(32(30)36)48(44,45)46/h3-18H,35-36H2,1-2H3,(H,41,42,43)(H,44,45,46). The van der Waals surface area contributed by atoms with E-state index in [4.69, 9.17) is 11.5 Å². The number of nitrogens with zero attached hydrogens (tertiary/aromatic N) is 4. The fraction of sp³-hybridized carbons (Fsp3) is 0.0588. The van der Waals surface area contributed by atoms with E-state index < -0.39 is 30.0 Å². The van der Waals surface area contributed by atoms with Crippen molar-refractivity contribution >= 4 is 75.9 Å². The quantitative estimate of drug-likeness (QED) is 0.0725. The monoisotopic (exact) mass is 680 g/mol. The lowest BCUT2D eigenvalue weighted by Crippen LogP contribution is -2.04. The van der Waals surface area contributed by atoms with Gasteiger partial charge in [0.2, 0.25) is 0 Å². The Hall–Kier alpha value is -5.54. The van der Waals surface area contributed by atoms with Crippen molar-refractivity contribution in [2.45, 2.75) is 23.6 Å². The number of benzene rings is 6. The molecule has 6 N–H and O–H groups in total. The van der Waals surface area contributed by atoms with E-state index in [1.807, 2.05) is 38.1 Å². The molecule has 48 heavy (non-hydrogen) atoms. The first-order chi connectivity index (χ1) is 22.7. The molecular weight excluding hydrogens is 653 g/mol. The molecular formula is C34H28N6O6S2. The Bertz CT molecular complexity index is 2390. The van der Waals surface area contributed by atoms with Crippen LogP contribution in [0.4, 0.5) is 34.1 Å². The van der Waals surface area contributed by atoms with Crippen molar-refractivity contribution in [3.05, 3.63) is 108 Å². The van der Waals surface area contributed by atoms with Crippen molar-refractivity contribution in [3.63, 3.8) is 0 Å². The maximum Gasteiger partial charge on any atom is 0.297 e. The highest BCUT2D eigenvalue weighted by molar-refractivity contribution is 7.86. The molecule has 0 bridgehead atoms. The van der Waals surface area contributed by atoms with Gasteiger partial charge >= 0.3 is 0 Å². The Morgan fingerprint density at radius 1 is 0.500 bits per heavy atom. The van der Waals surface area contributed by atoms with Crippen LogP contribution in [0.2, 0.25) is 0 Å². The van der Waals surface area contributed by atoms with E-state index in [1.54, 1.807) is 72.8 Å². The van der Waals surface area contributed by atoms with Gasteiger partial charge in [0, 0.05) is 10.8 Å². The molecule has 0 aliphatic heterocycles. The molecule has 0 aliphatic rings. The number of fused-ring (bicyclic) bond motifs is 2. The highest BCUT2D eigenvalue weighted by Gasteiger charge is 2.22. The molecule has 0 aromatic heterocycles. The first kappa shape index (κ1) is 32.4. The summed E-state index contributed by atoms with van der Waals surface area (Å²) < 4.78 is 68.2. The Balaban J connectivity index is 1.28. The van der Waals surface area contributed by atoms with Gasteiger partial charge in [0.05, 0.1) is 22.7 Å². The Morgan fingerprint density at radius 3 is 1.21 bits per heavy atom. The predicted octanol–water partition coefficient (Wildman–Crippen LogP) is 8.77. The fourth-order valence-electron chi connectivity index (χ4n) is 5.46. The average molecular weight is 681 g/mol. The van der Waals surface area contributed by atoms with E-state index in [1.165, 1.54) is 0 Å². The van der Waals surface area contributed by atoms with Gasteiger partial charge in [0.25, 0.3) is 20.2 Å². The molecule has 6 aromatic carbocycles.